The van der Waals surface area contributed by atoms with E-state index in [0.717, 1.165) is 5.56 Å². The van der Waals surface area contributed by atoms with Crippen LogP contribution in [-0.2, 0) is 0 Å². The summed E-state index contributed by atoms with van der Waals surface area (Å²) in [6.45, 7) is 2.66. The first-order valence-electron chi connectivity index (χ1n) is 7.53. The number of ether oxygens (including phenoxy) is 2. The van der Waals surface area contributed by atoms with Gasteiger partial charge in [-0.05, 0) is 36.8 Å². The smallest absolute Gasteiger partial charge is 0.161 e. The van der Waals surface area contributed by atoms with Crippen LogP contribution in [-0.4, -0.2) is 31.5 Å². The standard InChI is InChI=1S/C18H22ClNO3/c1-13(14-7-9-15(19)10-8-14)20-11-16(21)12-23-18-6-4-3-5-17(18)22-2/h3-10,13,16,20-21H,11-12H2,1-2H3. The molecule has 0 fully saturated rings. The number of hydrogen-bond acceptors (Lipinski definition) is 4. The first-order chi connectivity index (χ1) is 11.1. The zero-order chi connectivity index (χ0) is 16.7. The molecule has 2 N–H and O–H groups in total. The highest BCUT2D eigenvalue weighted by Gasteiger charge is 2.11. The monoisotopic (exact) mass is 335 g/mol. The number of hydrogen-bond donors (Lipinski definition) is 2. The van der Waals surface area contributed by atoms with Crippen LogP contribution in [0.25, 0.3) is 0 Å². The van der Waals surface area contributed by atoms with Crippen LogP contribution in [0, 0.1) is 0 Å². The van der Waals surface area contributed by atoms with Gasteiger partial charge in [0.15, 0.2) is 11.5 Å². The summed E-state index contributed by atoms with van der Waals surface area (Å²) in [6.07, 6.45) is -0.616. The maximum atomic E-state index is 10.1. The lowest BCUT2D eigenvalue weighted by atomic mass is 10.1. The Kier molecular flexibility index (Phi) is 6.71. The maximum Gasteiger partial charge on any atom is 0.161 e. The van der Waals surface area contributed by atoms with Crippen molar-refractivity contribution in [2.75, 3.05) is 20.3 Å². The molecule has 0 radical (unpaired) electrons. The third kappa shape index (κ3) is 5.43. The Morgan fingerprint density at radius 3 is 2.39 bits per heavy atom. The van der Waals surface area contributed by atoms with Gasteiger partial charge in [-0.3, -0.25) is 0 Å². The Morgan fingerprint density at radius 2 is 1.74 bits per heavy atom. The number of aliphatic hydroxyl groups is 1. The Labute approximate surface area is 142 Å². The third-order valence-corrected chi connectivity index (χ3v) is 3.78. The molecular formula is C18H22ClNO3. The third-order valence-electron chi connectivity index (χ3n) is 3.53. The number of benzene rings is 2. The first-order valence-corrected chi connectivity index (χ1v) is 7.90. The predicted octanol–water partition coefficient (Wildman–Crippen LogP) is 3.44. The highest BCUT2D eigenvalue weighted by atomic mass is 35.5. The molecule has 0 saturated carbocycles. The van der Waals surface area contributed by atoms with Crippen molar-refractivity contribution in [1.29, 1.82) is 0 Å². The van der Waals surface area contributed by atoms with Crippen molar-refractivity contribution in [3.8, 4) is 11.5 Å². The van der Waals surface area contributed by atoms with Crippen LogP contribution in [0.15, 0.2) is 48.5 Å². The molecule has 0 aromatic heterocycles. The molecule has 0 saturated heterocycles. The quantitative estimate of drug-likeness (QED) is 0.776. The Morgan fingerprint density at radius 1 is 1.09 bits per heavy atom. The van der Waals surface area contributed by atoms with Crippen LogP contribution in [0.3, 0.4) is 0 Å². The summed E-state index contributed by atoms with van der Waals surface area (Å²) >= 11 is 5.88. The molecule has 2 rings (SSSR count). The lowest BCUT2D eigenvalue weighted by Crippen LogP contribution is -2.33. The second-order valence-corrected chi connectivity index (χ2v) is 5.73. The van der Waals surface area contributed by atoms with Crippen LogP contribution < -0.4 is 14.8 Å². The van der Waals surface area contributed by atoms with Crippen molar-refractivity contribution in [2.24, 2.45) is 0 Å². The highest BCUT2D eigenvalue weighted by Crippen LogP contribution is 2.25. The Bertz CT molecular complexity index is 603. The summed E-state index contributed by atoms with van der Waals surface area (Å²) in [6, 6.07) is 15.1. The van der Waals surface area contributed by atoms with Gasteiger partial charge < -0.3 is 19.9 Å². The average molecular weight is 336 g/mol. The number of methoxy groups -OCH3 is 1. The molecule has 2 atom stereocenters. The summed E-state index contributed by atoms with van der Waals surface area (Å²) in [7, 11) is 1.59. The summed E-state index contributed by atoms with van der Waals surface area (Å²) in [5, 5.41) is 14.1. The van der Waals surface area contributed by atoms with E-state index in [4.69, 9.17) is 21.1 Å². The molecule has 124 valence electrons. The number of aliphatic hydroxyl groups excluding tert-OH is 1. The van der Waals surface area contributed by atoms with Gasteiger partial charge in [0.25, 0.3) is 0 Å². The number of rotatable bonds is 8. The van der Waals surface area contributed by atoms with Gasteiger partial charge in [0.05, 0.1) is 7.11 Å². The molecule has 2 unspecified atom stereocenters. The molecule has 23 heavy (non-hydrogen) atoms. The summed E-state index contributed by atoms with van der Waals surface area (Å²) < 4.78 is 10.8. The van der Waals surface area contributed by atoms with E-state index in [0.29, 0.717) is 23.1 Å². The van der Waals surface area contributed by atoms with Gasteiger partial charge in [-0.1, -0.05) is 35.9 Å². The molecule has 0 aliphatic heterocycles. The van der Waals surface area contributed by atoms with E-state index in [-0.39, 0.29) is 12.6 Å². The van der Waals surface area contributed by atoms with Gasteiger partial charge in [0, 0.05) is 17.6 Å². The molecule has 0 aliphatic carbocycles. The van der Waals surface area contributed by atoms with E-state index >= 15 is 0 Å². The molecule has 4 nitrogen and oxygen atoms in total. The molecular weight excluding hydrogens is 314 g/mol. The van der Waals surface area contributed by atoms with Crippen LogP contribution >= 0.6 is 11.6 Å². The fraction of sp³-hybridized carbons (Fsp3) is 0.333. The van der Waals surface area contributed by atoms with Crippen molar-refractivity contribution in [3.05, 3.63) is 59.1 Å². The van der Waals surface area contributed by atoms with Crippen molar-refractivity contribution in [1.82, 2.24) is 5.32 Å². The van der Waals surface area contributed by atoms with E-state index in [9.17, 15) is 5.11 Å². The van der Waals surface area contributed by atoms with E-state index in [1.165, 1.54) is 0 Å². The van der Waals surface area contributed by atoms with Crippen molar-refractivity contribution in [2.45, 2.75) is 19.1 Å². The van der Waals surface area contributed by atoms with E-state index in [2.05, 4.69) is 5.32 Å². The van der Waals surface area contributed by atoms with Crippen molar-refractivity contribution >= 4 is 11.6 Å². The average Bonchev–Trinajstić information content (AvgIpc) is 2.58. The van der Waals surface area contributed by atoms with Gasteiger partial charge in [-0.25, -0.2) is 0 Å². The number of nitrogens with one attached hydrogen (secondary N) is 1. The zero-order valence-corrected chi connectivity index (χ0v) is 14.1. The maximum absolute atomic E-state index is 10.1. The largest absolute Gasteiger partial charge is 0.493 e. The zero-order valence-electron chi connectivity index (χ0n) is 13.3. The van der Waals surface area contributed by atoms with Gasteiger partial charge >= 0.3 is 0 Å². The molecule has 2 aromatic carbocycles. The lowest BCUT2D eigenvalue weighted by Gasteiger charge is -2.18. The highest BCUT2D eigenvalue weighted by molar-refractivity contribution is 6.30. The van der Waals surface area contributed by atoms with E-state index < -0.39 is 6.10 Å². The fourth-order valence-electron chi connectivity index (χ4n) is 2.17. The molecule has 0 bridgehead atoms. The number of para-hydroxylation sites is 2. The van der Waals surface area contributed by atoms with Gasteiger partial charge in [0.1, 0.15) is 12.7 Å². The van der Waals surface area contributed by atoms with Crippen LogP contribution in [0.5, 0.6) is 11.5 Å². The van der Waals surface area contributed by atoms with Gasteiger partial charge in [-0.15, -0.1) is 0 Å². The van der Waals surface area contributed by atoms with Crippen molar-refractivity contribution in [3.63, 3.8) is 0 Å². The van der Waals surface area contributed by atoms with Crippen LogP contribution in [0.1, 0.15) is 18.5 Å². The van der Waals surface area contributed by atoms with E-state index in [1.807, 2.05) is 55.5 Å². The molecule has 0 aliphatic rings. The summed E-state index contributed by atoms with van der Waals surface area (Å²) in [5.41, 5.74) is 1.12. The molecule has 0 amide bonds. The van der Waals surface area contributed by atoms with Gasteiger partial charge in [-0.2, -0.15) is 0 Å². The molecule has 0 heterocycles. The fourth-order valence-corrected chi connectivity index (χ4v) is 2.29. The Hall–Kier alpha value is -1.75. The van der Waals surface area contributed by atoms with Crippen molar-refractivity contribution < 1.29 is 14.6 Å². The Balaban J connectivity index is 1.78. The second kappa shape index (κ2) is 8.77. The lowest BCUT2D eigenvalue weighted by molar-refractivity contribution is 0.102. The topological polar surface area (TPSA) is 50.7 Å². The molecule has 0 spiro atoms. The normalized spacial score (nSPS) is 13.4. The minimum Gasteiger partial charge on any atom is -0.493 e. The molecule has 5 heteroatoms. The van der Waals surface area contributed by atoms with Crippen LogP contribution in [0.2, 0.25) is 5.02 Å². The minimum atomic E-state index is -0.616. The predicted molar refractivity (Wildman–Crippen MR) is 92.4 cm³/mol. The van der Waals surface area contributed by atoms with Gasteiger partial charge in [0.2, 0.25) is 0 Å². The minimum absolute atomic E-state index is 0.119. The van der Waals surface area contributed by atoms with Crippen LogP contribution in [0.4, 0.5) is 0 Å². The molecule has 2 aromatic rings. The van der Waals surface area contributed by atoms with E-state index in [1.54, 1.807) is 7.11 Å². The SMILES string of the molecule is COc1ccccc1OCC(O)CNC(C)c1ccc(Cl)cc1. The second-order valence-electron chi connectivity index (χ2n) is 5.30. The summed E-state index contributed by atoms with van der Waals surface area (Å²) in [4.78, 5) is 0. The number of halogens is 1. The first kappa shape index (κ1) is 17.6. The summed E-state index contributed by atoms with van der Waals surface area (Å²) in [5.74, 6) is 1.28.